The van der Waals surface area contributed by atoms with Gasteiger partial charge in [-0.25, -0.2) is 4.79 Å². The van der Waals surface area contributed by atoms with E-state index in [0.29, 0.717) is 19.7 Å². The Morgan fingerprint density at radius 1 is 1.59 bits per heavy atom. The Kier molecular flexibility index (Phi) is 4.79. The molecule has 1 N–H and O–H groups in total. The summed E-state index contributed by atoms with van der Waals surface area (Å²) in [5, 5.41) is 8.59. The number of hydrogen-bond acceptors (Lipinski definition) is 4. The highest BCUT2D eigenvalue weighted by Gasteiger charge is 2.27. The minimum absolute atomic E-state index is 0.202. The first kappa shape index (κ1) is 13.8. The fourth-order valence-corrected chi connectivity index (χ4v) is 1.39. The molecule has 0 aromatic heterocycles. The number of aliphatic hydroxyl groups excluding tert-OH is 1. The molecule has 1 fully saturated rings. The summed E-state index contributed by atoms with van der Waals surface area (Å²) >= 11 is 0. The number of aliphatic hydroxyl groups is 1. The zero-order chi connectivity index (χ0) is 12.9. The molecular formula is C12H19NO4. The van der Waals surface area contributed by atoms with Crippen LogP contribution >= 0.6 is 0 Å². The molecule has 1 atom stereocenters. The van der Waals surface area contributed by atoms with Crippen LogP contribution in [0.25, 0.3) is 0 Å². The first-order chi connectivity index (χ1) is 7.92. The summed E-state index contributed by atoms with van der Waals surface area (Å²) in [7, 11) is 0. The summed E-state index contributed by atoms with van der Waals surface area (Å²) in [4.78, 5) is 13.4. The standard InChI is InChI=1S/C12H19NO4/c1-12(2,3)17-11(15)13-6-8-16-10(9-13)5-4-7-14/h10,14H,6-9H2,1-3H3. The Labute approximate surface area is 102 Å². The maximum atomic E-state index is 11.8. The minimum Gasteiger partial charge on any atom is -0.444 e. The number of hydrogen-bond donors (Lipinski definition) is 1. The summed E-state index contributed by atoms with van der Waals surface area (Å²) in [5.41, 5.74) is -0.498. The highest BCUT2D eigenvalue weighted by atomic mass is 16.6. The Morgan fingerprint density at radius 2 is 2.29 bits per heavy atom. The third kappa shape index (κ3) is 5.07. The fraction of sp³-hybridized carbons (Fsp3) is 0.750. The van der Waals surface area contributed by atoms with Gasteiger partial charge < -0.3 is 19.5 Å². The molecule has 1 aliphatic rings. The molecule has 5 nitrogen and oxygen atoms in total. The molecule has 17 heavy (non-hydrogen) atoms. The largest absolute Gasteiger partial charge is 0.444 e. The number of rotatable bonds is 0. The molecule has 0 saturated carbocycles. The summed E-state index contributed by atoms with van der Waals surface area (Å²) in [6, 6.07) is 0. The lowest BCUT2D eigenvalue weighted by atomic mass is 10.2. The van der Waals surface area contributed by atoms with E-state index >= 15 is 0 Å². The van der Waals surface area contributed by atoms with Crippen molar-refractivity contribution in [3.63, 3.8) is 0 Å². The Balaban J connectivity index is 2.52. The van der Waals surface area contributed by atoms with Crippen LogP contribution in [0, 0.1) is 11.8 Å². The van der Waals surface area contributed by atoms with Crippen LogP contribution in [-0.2, 0) is 9.47 Å². The second-order valence-corrected chi connectivity index (χ2v) is 4.77. The van der Waals surface area contributed by atoms with Gasteiger partial charge in [0.25, 0.3) is 0 Å². The Bertz CT molecular complexity index is 324. The first-order valence-electron chi connectivity index (χ1n) is 5.61. The minimum atomic E-state index is -0.498. The number of amides is 1. The molecule has 0 radical (unpaired) electrons. The van der Waals surface area contributed by atoms with E-state index < -0.39 is 5.60 Å². The monoisotopic (exact) mass is 241 g/mol. The second-order valence-electron chi connectivity index (χ2n) is 4.77. The number of ether oxygens (including phenoxy) is 2. The van der Waals surface area contributed by atoms with Crippen molar-refractivity contribution in [2.24, 2.45) is 0 Å². The van der Waals surface area contributed by atoms with Crippen molar-refractivity contribution in [2.75, 3.05) is 26.3 Å². The lowest BCUT2D eigenvalue weighted by Gasteiger charge is -2.32. The topological polar surface area (TPSA) is 59.0 Å². The number of morpholine rings is 1. The fourth-order valence-electron chi connectivity index (χ4n) is 1.39. The van der Waals surface area contributed by atoms with Crippen LogP contribution in [0.4, 0.5) is 4.79 Å². The molecule has 1 heterocycles. The van der Waals surface area contributed by atoms with Gasteiger partial charge in [-0.05, 0) is 20.8 Å². The van der Waals surface area contributed by atoms with E-state index in [1.165, 1.54) is 0 Å². The van der Waals surface area contributed by atoms with Crippen LogP contribution in [0.5, 0.6) is 0 Å². The van der Waals surface area contributed by atoms with Crippen LogP contribution in [-0.4, -0.2) is 54.1 Å². The van der Waals surface area contributed by atoms with Gasteiger partial charge in [0.05, 0.1) is 13.2 Å². The molecule has 0 aromatic rings. The average Bonchev–Trinajstić information content (AvgIpc) is 2.24. The predicted octanol–water partition coefficient (Wildman–Crippen LogP) is 0.618. The van der Waals surface area contributed by atoms with E-state index in [1.54, 1.807) is 4.90 Å². The molecule has 1 saturated heterocycles. The van der Waals surface area contributed by atoms with Gasteiger partial charge in [0.1, 0.15) is 18.3 Å². The molecule has 0 aromatic carbocycles. The second kappa shape index (κ2) is 5.89. The zero-order valence-corrected chi connectivity index (χ0v) is 10.5. The van der Waals surface area contributed by atoms with Gasteiger partial charge in [0, 0.05) is 6.54 Å². The average molecular weight is 241 g/mol. The van der Waals surface area contributed by atoms with Gasteiger partial charge in [-0.3, -0.25) is 0 Å². The van der Waals surface area contributed by atoms with E-state index in [1.807, 2.05) is 20.8 Å². The van der Waals surface area contributed by atoms with Crippen LogP contribution < -0.4 is 0 Å². The van der Waals surface area contributed by atoms with Crippen LogP contribution in [0.15, 0.2) is 0 Å². The Morgan fingerprint density at radius 3 is 2.88 bits per heavy atom. The van der Waals surface area contributed by atoms with E-state index in [9.17, 15) is 4.79 Å². The highest BCUT2D eigenvalue weighted by molar-refractivity contribution is 5.68. The maximum absolute atomic E-state index is 11.8. The molecule has 1 unspecified atom stereocenters. The molecule has 96 valence electrons. The SMILES string of the molecule is CC(C)(C)OC(=O)N1CCOC(C#CCO)C1. The van der Waals surface area contributed by atoms with Crippen LogP contribution in [0.2, 0.25) is 0 Å². The lowest BCUT2D eigenvalue weighted by Crippen LogP contribution is -2.47. The number of nitrogens with zero attached hydrogens (tertiary/aromatic N) is 1. The van der Waals surface area contributed by atoms with Crippen molar-refractivity contribution >= 4 is 6.09 Å². The predicted molar refractivity (Wildman–Crippen MR) is 62.4 cm³/mol. The third-order valence-corrected chi connectivity index (χ3v) is 2.06. The van der Waals surface area contributed by atoms with Crippen molar-refractivity contribution in [1.82, 2.24) is 4.90 Å². The van der Waals surface area contributed by atoms with Crippen molar-refractivity contribution < 1.29 is 19.4 Å². The molecular weight excluding hydrogens is 222 g/mol. The smallest absolute Gasteiger partial charge is 0.410 e. The first-order valence-corrected chi connectivity index (χ1v) is 5.61. The quantitative estimate of drug-likeness (QED) is 0.632. The lowest BCUT2D eigenvalue weighted by molar-refractivity contribution is -0.0237. The van der Waals surface area contributed by atoms with Crippen molar-refractivity contribution in [3.8, 4) is 11.8 Å². The van der Waals surface area contributed by atoms with Gasteiger partial charge in [-0.1, -0.05) is 11.8 Å². The summed E-state index contributed by atoms with van der Waals surface area (Å²) in [5.74, 6) is 5.27. The van der Waals surface area contributed by atoms with E-state index in [0.717, 1.165) is 0 Å². The number of carbonyl (C=O) groups excluding carboxylic acids is 1. The third-order valence-electron chi connectivity index (χ3n) is 2.06. The van der Waals surface area contributed by atoms with Crippen LogP contribution in [0.1, 0.15) is 20.8 Å². The van der Waals surface area contributed by atoms with Gasteiger partial charge in [-0.15, -0.1) is 0 Å². The number of carbonyl (C=O) groups is 1. The van der Waals surface area contributed by atoms with Gasteiger partial charge >= 0.3 is 6.09 Å². The molecule has 1 amide bonds. The van der Waals surface area contributed by atoms with Crippen molar-refractivity contribution in [1.29, 1.82) is 0 Å². The normalized spacial score (nSPS) is 20.5. The molecule has 0 bridgehead atoms. The molecule has 1 rings (SSSR count). The van der Waals surface area contributed by atoms with E-state index in [4.69, 9.17) is 14.6 Å². The van der Waals surface area contributed by atoms with Crippen molar-refractivity contribution in [3.05, 3.63) is 0 Å². The molecule has 0 spiro atoms. The van der Waals surface area contributed by atoms with E-state index in [2.05, 4.69) is 11.8 Å². The Hall–Kier alpha value is -1.25. The van der Waals surface area contributed by atoms with Crippen molar-refractivity contribution in [2.45, 2.75) is 32.5 Å². The van der Waals surface area contributed by atoms with Gasteiger partial charge in [0.15, 0.2) is 0 Å². The molecule has 0 aliphatic carbocycles. The summed E-state index contributed by atoms with van der Waals surface area (Å²) in [6.07, 6.45) is -0.694. The molecule has 1 aliphatic heterocycles. The highest BCUT2D eigenvalue weighted by Crippen LogP contribution is 2.12. The van der Waals surface area contributed by atoms with E-state index in [-0.39, 0.29) is 18.8 Å². The summed E-state index contributed by atoms with van der Waals surface area (Å²) in [6.45, 7) is 6.60. The van der Waals surface area contributed by atoms with Crippen LogP contribution in [0.3, 0.4) is 0 Å². The molecule has 5 heteroatoms. The zero-order valence-electron chi connectivity index (χ0n) is 10.5. The van der Waals surface area contributed by atoms with Gasteiger partial charge in [0.2, 0.25) is 0 Å². The van der Waals surface area contributed by atoms with Gasteiger partial charge in [-0.2, -0.15) is 0 Å². The maximum Gasteiger partial charge on any atom is 0.410 e. The summed E-state index contributed by atoms with van der Waals surface area (Å²) < 4.78 is 10.6.